The van der Waals surface area contributed by atoms with Gasteiger partial charge in [-0.25, -0.2) is 13.2 Å². The van der Waals surface area contributed by atoms with Gasteiger partial charge in [-0.3, -0.25) is 0 Å². The van der Waals surface area contributed by atoms with E-state index in [2.05, 4.69) is 23.5 Å². The highest BCUT2D eigenvalue weighted by Crippen LogP contribution is 2.22. The van der Waals surface area contributed by atoms with Gasteiger partial charge in [-0.15, -0.1) is 0 Å². The fourth-order valence-electron chi connectivity index (χ4n) is 3.20. The smallest absolute Gasteiger partial charge is 0.317 e. The van der Waals surface area contributed by atoms with Crippen molar-refractivity contribution in [1.29, 1.82) is 0 Å². The van der Waals surface area contributed by atoms with E-state index in [1.807, 2.05) is 6.92 Å². The summed E-state index contributed by atoms with van der Waals surface area (Å²) in [6.07, 6.45) is 4.66. The van der Waals surface area contributed by atoms with Gasteiger partial charge in [0.1, 0.15) is 9.84 Å². The molecule has 1 aliphatic rings. The molecule has 1 atom stereocenters. The third-order valence-electron chi connectivity index (χ3n) is 4.28. The van der Waals surface area contributed by atoms with Crippen LogP contribution in [0.4, 0.5) is 4.79 Å². The van der Waals surface area contributed by atoms with Gasteiger partial charge in [0.05, 0.1) is 5.75 Å². The number of nitrogens with zero attached hydrogens (tertiary/aromatic N) is 1. The Morgan fingerprint density at radius 1 is 1.30 bits per heavy atom. The summed E-state index contributed by atoms with van der Waals surface area (Å²) in [5.41, 5.74) is 3.89. The Hall–Kier alpha value is -1.56. The Kier molecular flexibility index (Phi) is 5.68. The normalized spacial score (nSPS) is 15.1. The van der Waals surface area contributed by atoms with E-state index in [0.29, 0.717) is 13.1 Å². The van der Waals surface area contributed by atoms with Crippen molar-refractivity contribution in [1.82, 2.24) is 10.2 Å². The fourth-order valence-corrected chi connectivity index (χ4v) is 4.25. The summed E-state index contributed by atoms with van der Waals surface area (Å²) in [6, 6.07) is 5.81. The van der Waals surface area contributed by atoms with Crippen LogP contribution in [0.2, 0.25) is 0 Å². The van der Waals surface area contributed by atoms with Crippen LogP contribution in [0.25, 0.3) is 0 Å². The highest BCUT2D eigenvalue weighted by molar-refractivity contribution is 7.90. The van der Waals surface area contributed by atoms with Gasteiger partial charge in [-0.1, -0.05) is 18.2 Å². The molecule has 1 N–H and O–H groups in total. The number of benzene rings is 1. The molecule has 2 rings (SSSR count). The molecule has 2 amide bonds. The molecule has 1 aliphatic carbocycles. The standard InChI is InChI=1S/C17H26N2O3S/c1-4-19(13(2)12-23(3,21)22)17(20)18-11-14-8-9-15-6-5-7-16(15)10-14/h8-10,13H,4-7,11-12H2,1-3H3,(H,18,20). The Morgan fingerprint density at radius 2 is 2.00 bits per heavy atom. The lowest BCUT2D eigenvalue weighted by Gasteiger charge is -2.27. The number of hydrogen-bond acceptors (Lipinski definition) is 3. The molecule has 0 spiro atoms. The van der Waals surface area contributed by atoms with E-state index in [1.165, 1.54) is 23.8 Å². The first-order chi connectivity index (χ1) is 10.8. The molecule has 0 aromatic heterocycles. The lowest BCUT2D eigenvalue weighted by molar-refractivity contribution is 0.187. The molecule has 6 heteroatoms. The average Bonchev–Trinajstić information content (AvgIpc) is 2.91. The Bertz CT molecular complexity index is 670. The van der Waals surface area contributed by atoms with E-state index in [0.717, 1.165) is 18.4 Å². The second kappa shape index (κ2) is 7.34. The molecule has 0 fully saturated rings. The second-order valence-electron chi connectivity index (χ2n) is 6.34. The number of sulfone groups is 1. The van der Waals surface area contributed by atoms with Gasteiger partial charge in [-0.05, 0) is 49.8 Å². The summed E-state index contributed by atoms with van der Waals surface area (Å²) in [4.78, 5) is 13.9. The van der Waals surface area contributed by atoms with Crippen molar-refractivity contribution in [2.24, 2.45) is 0 Å². The predicted molar refractivity (Wildman–Crippen MR) is 92.3 cm³/mol. The first kappa shape index (κ1) is 17.8. The maximum atomic E-state index is 12.3. The molecule has 0 saturated heterocycles. The van der Waals surface area contributed by atoms with Crippen LogP contribution in [0.3, 0.4) is 0 Å². The maximum absolute atomic E-state index is 12.3. The van der Waals surface area contributed by atoms with Crippen molar-refractivity contribution in [3.05, 3.63) is 34.9 Å². The summed E-state index contributed by atoms with van der Waals surface area (Å²) in [5.74, 6) is -0.0207. The first-order valence-corrected chi connectivity index (χ1v) is 10.2. The predicted octanol–water partition coefficient (Wildman–Crippen LogP) is 2.14. The number of amides is 2. The van der Waals surface area contributed by atoms with Gasteiger partial charge in [-0.2, -0.15) is 0 Å². The van der Waals surface area contributed by atoms with E-state index >= 15 is 0 Å². The van der Waals surface area contributed by atoms with Crippen LogP contribution < -0.4 is 5.32 Å². The molecule has 1 aromatic rings. The summed E-state index contributed by atoms with van der Waals surface area (Å²) in [6.45, 7) is 4.56. The first-order valence-electron chi connectivity index (χ1n) is 8.13. The Balaban J connectivity index is 1.94. The number of carbonyl (C=O) groups excluding carboxylic acids is 1. The zero-order valence-electron chi connectivity index (χ0n) is 14.1. The van der Waals surface area contributed by atoms with Crippen LogP contribution in [-0.2, 0) is 29.2 Å². The highest BCUT2D eigenvalue weighted by Gasteiger charge is 2.21. The van der Waals surface area contributed by atoms with Crippen LogP contribution in [0.1, 0.15) is 37.0 Å². The minimum absolute atomic E-state index is 0.0207. The molecule has 128 valence electrons. The molecule has 1 unspecified atom stereocenters. The van der Waals surface area contributed by atoms with Crippen molar-refractivity contribution < 1.29 is 13.2 Å². The summed E-state index contributed by atoms with van der Waals surface area (Å²) >= 11 is 0. The van der Waals surface area contributed by atoms with Gasteiger partial charge < -0.3 is 10.2 Å². The largest absolute Gasteiger partial charge is 0.334 e. The van der Waals surface area contributed by atoms with Crippen molar-refractivity contribution in [2.45, 2.75) is 45.7 Å². The molecule has 0 radical (unpaired) electrons. The number of fused-ring (bicyclic) bond motifs is 1. The Labute approximate surface area is 139 Å². The highest BCUT2D eigenvalue weighted by atomic mass is 32.2. The number of rotatable bonds is 6. The number of nitrogens with one attached hydrogen (secondary N) is 1. The van der Waals surface area contributed by atoms with Gasteiger partial charge in [0, 0.05) is 25.4 Å². The lowest BCUT2D eigenvalue weighted by atomic mass is 10.1. The molecule has 5 nitrogen and oxygen atoms in total. The molecular formula is C17H26N2O3S. The van der Waals surface area contributed by atoms with E-state index in [-0.39, 0.29) is 17.8 Å². The second-order valence-corrected chi connectivity index (χ2v) is 8.53. The molecule has 0 saturated carbocycles. The summed E-state index contributed by atoms with van der Waals surface area (Å²) in [5, 5.41) is 2.90. The number of urea groups is 1. The van der Waals surface area contributed by atoms with Gasteiger partial charge in [0.2, 0.25) is 0 Å². The number of hydrogen-bond donors (Lipinski definition) is 1. The molecule has 0 bridgehead atoms. The van der Waals surface area contributed by atoms with E-state index in [1.54, 1.807) is 11.8 Å². The zero-order valence-corrected chi connectivity index (χ0v) is 14.9. The number of carbonyl (C=O) groups is 1. The minimum Gasteiger partial charge on any atom is -0.334 e. The number of aryl methyl sites for hydroxylation is 2. The molecular weight excluding hydrogens is 312 g/mol. The van der Waals surface area contributed by atoms with Crippen LogP contribution >= 0.6 is 0 Å². The third kappa shape index (κ3) is 4.96. The van der Waals surface area contributed by atoms with Crippen molar-refractivity contribution in [2.75, 3.05) is 18.6 Å². The van der Waals surface area contributed by atoms with Crippen molar-refractivity contribution >= 4 is 15.9 Å². The van der Waals surface area contributed by atoms with Crippen LogP contribution in [-0.4, -0.2) is 43.9 Å². The van der Waals surface area contributed by atoms with E-state index in [9.17, 15) is 13.2 Å². The fraction of sp³-hybridized carbons (Fsp3) is 0.588. The minimum atomic E-state index is -3.11. The molecule has 0 aliphatic heterocycles. The molecule has 0 heterocycles. The lowest BCUT2D eigenvalue weighted by Crippen LogP contribution is -2.47. The zero-order chi connectivity index (χ0) is 17.0. The quantitative estimate of drug-likeness (QED) is 0.864. The van der Waals surface area contributed by atoms with Crippen LogP contribution in [0, 0.1) is 0 Å². The van der Waals surface area contributed by atoms with Crippen LogP contribution in [0.5, 0.6) is 0 Å². The van der Waals surface area contributed by atoms with Gasteiger partial charge in [0.15, 0.2) is 0 Å². The monoisotopic (exact) mass is 338 g/mol. The average molecular weight is 338 g/mol. The maximum Gasteiger partial charge on any atom is 0.317 e. The van der Waals surface area contributed by atoms with E-state index < -0.39 is 9.84 Å². The van der Waals surface area contributed by atoms with Crippen molar-refractivity contribution in [3.8, 4) is 0 Å². The SMILES string of the molecule is CCN(C(=O)NCc1ccc2c(c1)CCC2)C(C)CS(C)(=O)=O. The van der Waals surface area contributed by atoms with Gasteiger partial charge >= 0.3 is 6.03 Å². The third-order valence-corrected chi connectivity index (χ3v) is 5.37. The topological polar surface area (TPSA) is 66.5 Å². The Morgan fingerprint density at radius 3 is 2.65 bits per heavy atom. The summed E-state index contributed by atoms with van der Waals surface area (Å²) < 4.78 is 22.8. The van der Waals surface area contributed by atoms with E-state index in [4.69, 9.17) is 0 Å². The van der Waals surface area contributed by atoms with Crippen LogP contribution in [0.15, 0.2) is 18.2 Å². The summed E-state index contributed by atoms with van der Waals surface area (Å²) in [7, 11) is -3.11. The van der Waals surface area contributed by atoms with Gasteiger partial charge in [0.25, 0.3) is 0 Å². The molecule has 23 heavy (non-hydrogen) atoms. The van der Waals surface area contributed by atoms with Crippen molar-refractivity contribution in [3.63, 3.8) is 0 Å². The molecule has 1 aromatic carbocycles.